The van der Waals surface area contributed by atoms with Crippen molar-refractivity contribution in [1.82, 2.24) is 0 Å². The normalized spacial score (nSPS) is 25.2. The molecule has 0 aromatic heterocycles. The minimum absolute atomic E-state index is 0.190. The summed E-state index contributed by atoms with van der Waals surface area (Å²) in [6, 6.07) is 7.88. The lowest BCUT2D eigenvalue weighted by molar-refractivity contribution is -0.122. The van der Waals surface area contributed by atoms with Gasteiger partial charge in [-0.05, 0) is 54.0 Å². The highest BCUT2D eigenvalue weighted by atomic mass is 16.5. The van der Waals surface area contributed by atoms with Crippen LogP contribution in [0.3, 0.4) is 0 Å². The number of methoxy groups -OCH3 is 1. The molecule has 1 aromatic rings. The smallest absolute Gasteiger partial charge is 0.162 e. The third kappa shape index (κ3) is 3.12. The van der Waals surface area contributed by atoms with Gasteiger partial charge in [-0.2, -0.15) is 0 Å². The number of carbonyl (C=O) groups excluding carboxylic acids is 1. The van der Waals surface area contributed by atoms with Crippen molar-refractivity contribution in [3.8, 4) is 5.75 Å². The van der Waals surface area contributed by atoms with Crippen LogP contribution in [0.2, 0.25) is 0 Å². The average molecular weight is 272 g/mol. The Morgan fingerprint density at radius 3 is 2.40 bits per heavy atom. The second-order valence-corrected chi connectivity index (χ2v) is 6.07. The Morgan fingerprint density at radius 2 is 1.85 bits per heavy atom. The topological polar surface area (TPSA) is 26.3 Å². The van der Waals surface area contributed by atoms with Gasteiger partial charge in [0.05, 0.1) is 7.11 Å². The third-order valence-corrected chi connectivity index (χ3v) is 4.31. The molecule has 0 saturated heterocycles. The van der Waals surface area contributed by atoms with Crippen LogP contribution < -0.4 is 4.74 Å². The Morgan fingerprint density at radius 1 is 1.20 bits per heavy atom. The highest BCUT2D eigenvalue weighted by Crippen LogP contribution is 2.35. The fourth-order valence-corrected chi connectivity index (χ4v) is 2.90. The van der Waals surface area contributed by atoms with E-state index in [0.717, 1.165) is 29.7 Å². The maximum atomic E-state index is 12.6. The molecule has 1 aliphatic rings. The van der Waals surface area contributed by atoms with Crippen molar-refractivity contribution in [2.24, 2.45) is 17.8 Å². The number of benzene rings is 1. The van der Waals surface area contributed by atoms with Crippen LogP contribution in [0.5, 0.6) is 5.75 Å². The Balaban J connectivity index is 2.27. The molecular weight excluding hydrogens is 248 g/mol. The van der Waals surface area contributed by atoms with Gasteiger partial charge in [0.2, 0.25) is 0 Å². The molecule has 2 rings (SSSR count). The van der Waals surface area contributed by atoms with Crippen LogP contribution in [0.4, 0.5) is 0 Å². The second-order valence-electron chi connectivity index (χ2n) is 6.07. The molecule has 1 fully saturated rings. The number of rotatable bonds is 3. The number of ketones is 1. The number of Topliss-reactive ketones (excluding diaryl/α,β-unsaturated/α-hetero) is 1. The Bertz CT molecular complexity index is 497. The second kappa shape index (κ2) is 6.25. The molecule has 0 unspecified atom stereocenters. The van der Waals surface area contributed by atoms with E-state index < -0.39 is 0 Å². The molecule has 0 amide bonds. The summed E-state index contributed by atoms with van der Waals surface area (Å²) in [5.41, 5.74) is 2.06. The monoisotopic (exact) mass is 272 g/mol. The zero-order valence-electron chi connectivity index (χ0n) is 12.8. The van der Waals surface area contributed by atoms with Gasteiger partial charge in [-0.15, -0.1) is 0 Å². The van der Waals surface area contributed by atoms with Crippen molar-refractivity contribution in [2.75, 3.05) is 7.11 Å². The first-order chi connectivity index (χ1) is 9.52. The summed E-state index contributed by atoms with van der Waals surface area (Å²) in [5, 5.41) is 0. The van der Waals surface area contributed by atoms with Gasteiger partial charge in [0.25, 0.3) is 0 Å². The molecule has 108 valence electrons. The van der Waals surface area contributed by atoms with Gasteiger partial charge in [-0.1, -0.05) is 32.9 Å². The first kappa shape index (κ1) is 14.8. The lowest BCUT2D eigenvalue weighted by atomic mass is 9.73. The molecule has 0 aliphatic heterocycles. The quantitative estimate of drug-likeness (QED) is 0.765. The molecule has 0 heterocycles. The first-order valence-electron chi connectivity index (χ1n) is 7.42. The highest BCUT2D eigenvalue weighted by molar-refractivity contribution is 6.02. The van der Waals surface area contributed by atoms with Gasteiger partial charge in [0.15, 0.2) is 5.78 Å². The van der Waals surface area contributed by atoms with Crippen molar-refractivity contribution in [3.05, 3.63) is 35.4 Å². The van der Waals surface area contributed by atoms with Gasteiger partial charge >= 0.3 is 0 Å². The molecule has 1 aliphatic carbocycles. The molecule has 2 nitrogen and oxygen atoms in total. The largest absolute Gasteiger partial charge is 0.497 e. The SMILES string of the molecule is COc1ccc(/C=C2/C(=O)[C@@H](C(C)C)CC[C@@H]2C)cc1. The number of carbonyl (C=O) groups is 1. The van der Waals surface area contributed by atoms with Gasteiger partial charge in [-0.25, -0.2) is 0 Å². The molecule has 0 radical (unpaired) electrons. The van der Waals surface area contributed by atoms with Crippen molar-refractivity contribution in [1.29, 1.82) is 0 Å². The van der Waals surface area contributed by atoms with Crippen LogP contribution in [0.25, 0.3) is 6.08 Å². The standard InChI is InChI=1S/C18H24O2/c1-12(2)16-10-5-13(3)17(18(16)19)11-14-6-8-15(20-4)9-7-14/h6-9,11-13,16H,5,10H2,1-4H3/b17-11+/t13-,16+/m0/s1. The van der Waals surface area contributed by atoms with Gasteiger partial charge < -0.3 is 4.74 Å². The van der Waals surface area contributed by atoms with Crippen LogP contribution in [-0.2, 0) is 4.79 Å². The maximum Gasteiger partial charge on any atom is 0.162 e. The first-order valence-corrected chi connectivity index (χ1v) is 7.42. The summed E-state index contributed by atoms with van der Waals surface area (Å²) in [6.07, 6.45) is 4.19. The Labute approximate surface area is 121 Å². The fourth-order valence-electron chi connectivity index (χ4n) is 2.90. The minimum atomic E-state index is 0.190. The Hall–Kier alpha value is -1.57. The fraction of sp³-hybridized carbons (Fsp3) is 0.500. The summed E-state index contributed by atoms with van der Waals surface area (Å²) in [7, 11) is 1.66. The van der Waals surface area contributed by atoms with Crippen molar-refractivity contribution in [3.63, 3.8) is 0 Å². The van der Waals surface area contributed by atoms with Gasteiger partial charge in [0.1, 0.15) is 5.75 Å². The molecule has 0 bridgehead atoms. The third-order valence-electron chi connectivity index (χ3n) is 4.31. The summed E-state index contributed by atoms with van der Waals surface area (Å²) in [6.45, 7) is 6.44. The van der Waals surface area contributed by atoms with E-state index in [0.29, 0.717) is 17.6 Å². The van der Waals surface area contributed by atoms with E-state index in [1.54, 1.807) is 7.11 Å². The lowest BCUT2D eigenvalue weighted by Gasteiger charge is -2.30. The highest BCUT2D eigenvalue weighted by Gasteiger charge is 2.32. The van der Waals surface area contributed by atoms with E-state index in [1.807, 2.05) is 24.3 Å². The van der Waals surface area contributed by atoms with Crippen LogP contribution in [-0.4, -0.2) is 12.9 Å². The van der Waals surface area contributed by atoms with E-state index >= 15 is 0 Å². The van der Waals surface area contributed by atoms with Crippen molar-refractivity contribution < 1.29 is 9.53 Å². The van der Waals surface area contributed by atoms with Gasteiger partial charge in [-0.3, -0.25) is 4.79 Å². The number of allylic oxidation sites excluding steroid dienone is 1. The van der Waals surface area contributed by atoms with E-state index in [1.165, 1.54) is 0 Å². The van der Waals surface area contributed by atoms with E-state index in [-0.39, 0.29) is 5.92 Å². The predicted octanol–water partition coefficient (Wildman–Crippen LogP) is 4.35. The number of hydrogen-bond donors (Lipinski definition) is 0. The minimum Gasteiger partial charge on any atom is -0.497 e. The van der Waals surface area contributed by atoms with Crippen molar-refractivity contribution in [2.45, 2.75) is 33.6 Å². The van der Waals surface area contributed by atoms with Gasteiger partial charge in [0, 0.05) is 5.92 Å². The zero-order chi connectivity index (χ0) is 14.7. The van der Waals surface area contributed by atoms with E-state index in [9.17, 15) is 4.79 Å². The predicted molar refractivity (Wildman–Crippen MR) is 82.7 cm³/mol. The van der Waals surface area contributed by atoms with Crippen LogP contribution in [0.15, 0.2) is 29.8 Å². The number of ether oxygens (including phenoxy) is 1. The molecule has 1 aromatic carbocycles. The summed E-state index contributed by atoms with van der Waals surface area (Å²) in [4.78, 5) is 12.6. The summed E-state index contributed by atoms with van der Waals surface area (Å²) < 4.78 is 5.16. The molecule has 20 heavy (non-hydrogen) atoms. The average Bonchev–Trinajstić information content (AvgIpc) is 2.43. The lowest BCUT2D eigenvalue weighted by Crippen LogP contribution is -2.30. The summed E-state index contributed by atoms with van der Waals surface area (Å²) >= 11 is 0. The molecule has 1 saturated carbocycles. The Kier molecular flexibility index (Phi) is 4.64. The molecule has 0 N–H and O–H groups in total. The zero-order valence-corrected chi connectivity index (χ0v) is 12.8. The van der Waals surface area contributed by atoms with Crippen LogP contribution in [0.1, 0.15) is 39.2 Å². The molecule has 0 spiro atoms. The molecule has 2 heteroatoms. The number of hydrogen-bond acceptors (Lipinski definition) is 2. The molecule has 2 atom stereocenters. The van der Waals surface area contributed by atoms with Crippen LogP contribution in [0, 0.1) is 17.8 Å². The summed E-state index contributed by atoms with van der Waals surface area (Å²) in [5.74, 6) is 2.16. The van der Waals surface area contributed by atoms with Crippen molar-refractivity contribution >= 4 is 11.9 Å². The molecular formula is C18H24O2. The van der Waals surface area contributed by atoms with E-state index in [2.05, 4.69) is 26.8 Å². The van der Waals surface area contributed by atoms with Crippen LogP contribution >= 0.6 is 0 Å². The van der Waals surface area contributed by atoms with E-state index in [4.69, 9.17) is 4.74 Å². The maximum absolute atomic E-state index is 12.6.